The topological polar surface area (TPSA) is 38.7 Å². The van der Waals surface area contributed by atoms with Crippen molar-refractivity contribution < 1.29 is 6.85 Å². The summed E-state index contributed by atoms with van der Waals surface area (Å²) in [5.41, 5.74) is 9.96. The Morgan fingerprint density at radius 1 is 0.250 bits per heavy atom. The largest absolute Gasteiger partial charge is 0.208 e. The van der Waals surface area contributed by atoms with E-state index < -0.39 is 18.1 Å². The van der Waals surface area contributed by atoms with E-state index in [1.807, 2.05) is 78.9 Å². The van der Waals surface area contributed by atoms with Crippen LogP contribution in [0.4, 0.5) is 0 Å². The molecule has 0 aliphatic carbocycles. The van der Waals surface area contributed by atoms with Crippen molar-refractivity contribution in [3.63, 3.8) is 0 Å². The molecule has 11 aromatic rings. The summed E-state index contributed by atoms with van der Waals surface area (Å²) in [7, 11) is 0. The minimum atomic E-state index is -0.484. The summed E-state index contributed by atoms with van der Waals surface area (Å²) in [6.45, 7) is 0. The molecule has 0 unspecified atom stereocenters. The third-order valence-corrected chi connectivity index (χ3v) is 11.3. The Bertz CT molecular complexity index is 3580. The fraction of sp³-hybridized carbons (Fsp3) is 0. The molecule has 3 nitrogen and oxygen atoms in total. The molecule has 0 spiro atoms. The van der Waals surface area contributed by atoms with Crippen molar-refractivity contribution in [1.82, 2.24) is 15.0 Å². The maximum absolute atomic E-state index is 8.94. The van der Waals surface area contributed by atoms with Gasteiger partial charge in [-0.25, -0.2) is 15.0 Å². The number of hydrogen-bond donors (Lipinski definition) is 0. The van der Waals surface area contributed by atoms with Gasteiger partial charge in [0.2, 0.25) is 0 Å². The van der Waals surface area contributed by atoms with Gasteiger partial charge in [0.05, 0.1) is 6.85 Å². The molecule has 0 aliphatic rings. The second-order valence-corrected chi connectivity index (χ2v) is 14.7. The van der Waals surface area contributed by atoms with Crippen LogP contribution in [0, 0.1) is 0 Å². The lowest BCUT2D eigenvalue weighted by atomic mass is 9.82. The number of benzene rings is 10. The minimum absolute atomic E-state index is 0.0126. The minimum Gasteiger partial charge on any atom is -0.208 e. The maximum Gasteiger partial charge on any atom is 0.164 e. The van der Waals surface area contributed by atoms with Crippen LogP contribution in [0.25, 0.3) is 111 Å². The average molecular weight is 769 g/mol. The summed E-state index contributed by atoms with van der Waals surface area (Å²) in [6.07, 6.45) is 0. The van der Waals surface area contributed by atoms with Crippen LogP contribution in [-0.4, -0.2) is 15.0 Å². The van der Waals surface area contributed by atoms with E-state index in [0.717, 1.165) is 71.3 Å². The molecule has 0 amide bonds. The standard InChI is InChI=1S/C57H37N3/c1-4-20-38(21-5-1)41-26-10-14-30-45(41)53-46-31-15-17-33-48(46)54(49-34-18-16-32-47(49)53)50-36-37-52(44-29-13-12-28-43(44)50)57-59-55(40-24-8-3-9-25-40)58-56(60-57)51-35-19-11-27-42(51)39-22-6-2-7-23-39/h1-37H/i3D,8D,9D,24D,25D. The van der Waals surface area contributed by atoms with E-state index >= 15 is 0 Å². The van der Waals surface area contributed by atoms with Gasteiger partial charge in [0, 0.05) is 16.7 Å². The van der Waals surface area contributed by atoms with E-state index in [1.54, 1.807) is 0 Å². The molecule has 0 N–H and O–H groups in total. The van der Waals surface area contributed by atoms with E-state index in [9.17, 15) is 0 Å². The number of fused-ring (bicyclic) bond motifs is 3. The second-order valence-electron chi connectivity index (χ2n) is 14.7. The first-order chi connectivity index (χ1) is 31.9. The molecule has 1 aromatic heterocycles. The SMILES string of the molecule is [2H]c1c([2H])c([2H])c(-c2nc(-c3ccccc3-c3ccccc3)nc(-c3ccc(-c4c5ccccc5c(-c5ccccc5-c5ccccc5)c5ccccc45)c4ccccc34)n2)c([2H])c1[2H]. The highest BCUT2D eigenvalue weighted by Crippen LogP contribution is 2.48. The molecule has 0 aliphatic heterocycles. The van der Waals surface area contributed by atoms with Gasteiger partial charge in [0.15, 0.2) is 17.5 Å². The predicted molar refractivity (Wildman–Crippen MR) is 250 cm³/mol. The van der Waals surface area contributed by atoms with Crippen LogP contribution in [0.5, 0.6) is 0 Å². The van der Waals surface area contributed by atoms with E-state index in [1.165, 1.54) is 5.56 Å². The summed E-state index contributed by atoms with van der Waals surface area (Å²) in [4.78, 5) is 15.0. The zero-order chi connectivity index (χ0) is 44.2. The first kappa shape index (κ1) is 30.1. The average Bonchev–Trinajstić information content (AvgIpc) is 3.37. The zero-order valence-electron chi connectivity index (χ0n) is 37.3. The lowest BCUT2D eigenvalue weighted by molar-refractivity contribution is 1.08. The predicted octanol–water partition coefficient (Wildman–Crippen LogP) is 15.0. The Kier molecular flexibility index (Phi) is 7.56. The van der Waals surface area contributed by atoms with Crippen molar-refractivity contribution in [2.24, 2.45) is 0 Å². The Morgan fingerprint density at radius 3 is 1.17 bits per heavy atom. The molecule has 0 fully saturated rings. The van der Waals surface area contributed by atoms with Gasteiger partial charge in [0.1, 0.15) is 0 Å². The summed E-state index contributed by atoms with van der Waals surface area (Å²) < 4.78 is 43.2. The van der Waals surface area contributed by atoms with Crippen LogP contribution in [-0.2, 0) is 0 Å². The first-order valence-electron chi connectivity index (χ1n) is 22.5. The molecule has 3 heteroatoms. The lowest BCUT2D eigenvalue weighted by Crippen LogP contribution is -2.01. The van der Waals surface area contributed by atoms with Crippen molar-refractivity contribution in [3.05, 3.63) is 224 Å². The van der Waals surface area contributed by atoms with Crippen molar-refractivity contribution >= 4 is 32.3 Å². The van der Waals surface area contributed by atoms with Crippen LogP contribution in [0.3, 0.4) is 0 Å². The van der Waals surface area contributed by atoms with Crippen LogP contribution < -0.4 is 0 Å². The quantitative estimate of drug-likeness (QED) is 0.152. The fourth-order valence-corrected chi connectivity index (χ4v) is 8.63. The van der Waals surface area contributed by atoms with Crippen LogP contribution in [0.2, 0.25) is 0 Å². The normalized spacial score (nSPS) is 12.5. The smallest absolute Gasteiger partial charge is 0.164 e. The van der Waals surface area contributed by atoms with E-state index in [-0.39, 0.29) is 23.5 Å². The van der Waals surface area contributed by atoms with Gasteiger partial charge in [-0.15, -0.1) is 0 Å². The van der Waals surface area contributed by atoms with Crippen molar-refractivity contribution in [2.75, 3.05) is 0 Å². The third kappa shape index (κ3) is 6.12. The fourth-order valence-electron chi connectivity index (χ4n) is 8.63. The monoisotopic (exact) mass is 768 g/mol. The van der Waals surface area contributed by atoms with Crippen molar-refractivity contribution in [1.29, 1.82) is 0 Å². The number of hydrogen-bond acceptors (Lipinski definition) is 3. The van der Waals surface area contributed by atoms with Gasteiger partial charge in [-0.2, -0.15) is 0 Å². The Hall–Kier alpha value is -8.01. The number of nitrogens with zero attached hydrogens (tertiary/aromatic N) is 3. The molecule has 280 valence electrons. The Balaban J connectivity index is 1.17. The Morgan fingerprint density at radius 2 is 0.617 bits per heavy atom. The van der Waals surface area contributed by atoms with Crippen LogP contribution in [0.1, 0.15) is 6.85 Å². The first-order valence-corrected chi connectivity index (χ1v) is 20.0. The highest BCUT2D eigenvalue weighted by atomic mass is 15.0. The summed E-state index contributed by atoms with van der Waals surface area (Å²) >= 11 is 0. The lowest BCUT2D eigenvalue weighted by Gasteiger charge is -2.21. The molecule has 0 saturated heterocycles. The second kappa shape index (κ2) is 15.1. The van der Waals surface area contributed by atoms with Gasteiger partial charge in [-0.3, -0.25) is 0 Å². The number of rotatable bonds is 7. The number of aromatic nitrogens is 3. The molecule has 0 bridgehead atoms. The molecule has 0 atom stereocenters. The molecule has 0 radical (unpaired) electrons. The highest BCUT2D eigenvalue weighted by molar-refractivity contribution is 6.24. The molecule has 11 rings (SSSR count). The maximum atomic E-state index is 8.94. The Labute approximate surface area is 356 Å². The van der Waals surface area contributed by atoms with E-state index in [2.05, 4.69) is 115 Å². The van der Waals surface area contributed by atoms with Crippen molar-refractivity contribution in [2.45, 2.75) is 0 Å². The van der Waals surface area contributed by atoms with Crippen LogP contribution >= 0.6 is 0 Å². The highest BCUT2D eigenvalue weighted by Gasteiger charge is 2.22. The van der Waals surface area contributed by atoms with Gasteiger partial charge < -0.3 is 0 Å². The summed E-state index contributed by atoms with van der Waals surface area (Å²) in [5.74, 6) is 0.610. The van der Waals surface area contributed by atoms with Gasteiger partial charge in [0.25, 0.3) is 0 Å². The van der Waals surface area contributed by atoms with Gasteiger partial charge >= 0.3 is 0 Å². The van der Waals surface area contributed by atoms with E-state index in [4.69, 9.17) is 21.8 Å². The molecule has 10 aromatic carbocycles. The van der Waals surface area contributed by atoms with Crippen molar-refractivity contribution in [3.8, 4) is 78.7 Å². The third-order valence-electron chi connectivity index (χ3n) is 11.3. The molecule has 60 heavy (non-hydrogen) atoms. The zero-order valence-corrected chi connectivity index (χ0v) is 32.3. The molecular weight excluding hydrogens is 727 g/mol. The molecular formula is C57H37N3. The molecule has 0 saturated carbocycles. The summed E-state index contributed by atoms with van der Waals surface area (Å²) in [6, 6.07) is 64.4. The molecule has 1 heterocycles. The van der Waals surface area contributed by atoms with E-state index in [0.29, 0.717) is 22.8 Å². The van der Waals surface area contributed by atoms with Crippen LogP contribution in [0.15, 0.2) is 224 Å². The van der Waals surface area contributed by atoms with Gasteiger partial charge in [-0.1, -0.05) is 218 Å². The van der Waals surface area contributed by atoms with Gasteiger partial charge in [-0.05, 0) is 82.9 Å². The summed E-state index contributed by atoms with van der Waals surface area (Å²) in [5, 5.41) is 6.38.